The molecule has 17 heavy (non-hydrogen) atoms. The second-order valence-electron chi connectivity index (χ2n) is 3.97. The largest absolute Gasteiger partial charge is 0.481 e. The summed E-state index contributed by atoms with van der Waals surface area (Å²) in [5.41, 5.74) is 0.562. The first kappa shape index (κ1) is 13.9. The zero-order valence-electron chi connectivity index (χ0n) is 9.62. The minimum Gasteiger partial charge on any atom is -0.481 e. The van der Waals surface area contributed by atoms with Crippen LogP contribution in [-0.2, 0) is 11.3 Å². The molecule has 0 unspecified atom stereocenters. The van der Waals surface area contributed by atoms with Crippen LogP contribution in [-0.4, -0.2) is 29.6 Å². The number of aliphatic carboxylic acids is 1. The quantitative estimate of drug-likeness (QED) is 0.854. The highest BCUT2D eigenvalue weighted by molar-refractivity contribution is 6.30. The summed E-state index contributed by atoms with van der Waals surface area (Å²) < 4.78 is 13.5. The summed E-state index contributed by atoms with van der Waals surface area (Å²) in [5, 5.41) is 8.87. The van der Waals surface area contributed by atoms with E-state index in [1.54, 1.807) is 12.1 Å². The Morgan fingerprint density at radius 3 is 2.82 bits per heavy atom. The third kappa shape index (κ3) is 5.15. The van der Waals surface area contributed by atoms with Gasteiger partial charge in [0.15, 0.2) is 0 Å². The van der Waals surface area contributed by atoms with Gasteiger partial charge in [-0.2, -0.15) is 0 Å². The molecule has 0 atom stereocenters. The Balaban J connectivity index is 2.44. The van der Waals surface area contributed by atoms with Crippen molar-refractivity contribution in [2.24, 2.45) is 0 Å². The number of benzene rings is 1. The summed E-state index contributed by atoms with van der Waals surface area (Å²) in [6, 6.07) is 4.57. The molecule has 0 aromatic heterocycles. The Morgan fingerprint density at radius 2 is 2.24 bits per heavy atom. The van der Waals surface area contributed by atoms with E-state index in [2.05, 4.69) is 0 Å². The maximum atomic E-state index is 13.5. The van der Waals surface area contributed by atoms with Gasteiger partial charge in [-0.1, -0.05) is 17.7 Å². The molecule has 0 bridgehead atoms. The van der Waals surface area contributed by atoms with Gasteiger partial charge in [0.05, 0.1) is 0 Å². The van der Waals surface area contributed by atoms with Crippen LogP contribution in [0.25, 0.3) is 0 Å². The molecule has 3 nitrogen and oxygen atoms in total. The molecule has 0 saturated carbocycles. The Bertz CT molecular complexity index is 398. The Morgan fingerprint density at radius 1 is 1.53 bits per heavy atom. The van der Waals surface area contributed by atoms with Gasteiger partial charge in [0, 0.05) is 23.6 Å². The molecule has 0 aliphatic heterocycles. The summed E-state index contributed by atoms with van der Waals surface area (Å²) in [7, 11) is 1.83. The van der Waals surface area contributed by atoms with Crippen molar-refractivity contribution in [2.75, 3.05) is 13.6 Å². The Hall–Kier alpha value is -1.13. The van der Waals surface area contributed by atoms with Gasteiger partial charge in [-0.3, -0.25) is 4.79 Å². The predicted octanol–water partition coefficient (Wildman–Crippen LogP) is 2.78. The van der Waals surface area contributed by atoms with Crippen molar-refractivity contribution in [3.8, 4) is 0 Å². The Kier molecular flexibility index (Phi) is 5.38. The summed E-state index contributed by atoms with van der Waals surface area (Å²) in [5.74, 6) is -1.14. The zero-order chi connectivity index (χ0) is 12.8. The van der Waals surface area contributed by atoms with Crippen LogP contribution >= 0.6 is 11.6 Å². The van der Waals surface area contributed by atoms with E-state index >= 15 is 0 Å². The van der Waals surface area contributed by atoms with Crippen LogP contribution in [0.2, 0.25) is 5.02 Å². The molecule has 0 aliphatic rings. The number of carboxylic acids is 1. The third-order valence-electron chi connectivity index (χ3n) is 2.39. The molecule has 0 spiro atoms. The van der Waals surface area contributed by atoms with E-state index in [1.807, 2.05) is 11.9 Å². The van der Waals surface area contributed by atoms with Crippen LogP contribution in [0.4, 0.5) is 4.39 Å². The van der Waals surface area contributed by atoms with Crippen LogP contribution in [0.3, 0.4) is 0 Å². The highest BCUT2D eigenvalue weighted by atomic mass is 35.5. The molecule has 0 aliphatic carbocycles. The Labute approximate surface area is 105 Å². The lowest BCUT2D eigenvalue weighted by Crippen LogP contribution is -2.20. The van der Waals surface area contributed by atoms with E-state index in [0.717, 1.165) is 0 Å². The normalized spacial score (nSPS) is 10.8. The second kappa shape index (κ2) is 6.57. The minimum absolute atomic E-state index is 0.132. The number of halogens is 2. The lowest BCUT2D eigenvalue weighted by molar-refractivity contribution is -0.137. The van der Waals surface area contributed by atoms with Gasteiger partial charge >= 0.3 is 5.97 Å². The van der Waals surface area contributed by atoms with Gasteiger partial charge in [0.2, 0.25) is 0 Å². The molecule has 1 aromatic carbocycles. The number of hydrogen-bond acceptors (Lipinski definition) is 2. The first-order valence-electron chi connectivity index (χ1n) is 5.33. The van der Waals surface area contributed by atoms with Crippen molar-refractivity contribution < 1.29 is 14.3 Å². The highest BCUT2D eigenvalue weighted by Gasteiger charge is 2.07. The van der Waals surface area contributed by atoms with Crippen LogP contribution in [0.15, 0.2) is 18.2 Å². The number of carbonyl (C=O) groups is 1. The van der Waals surface area contributed by atoms with Crippen LogP contribution in [0.1, 0.15) is 18.4 Å². The van der Waals surface area contributed by atoms with E-state index in [1.165, 1.54) is 6.07 Å². The van der Waals surface area contributed by atoms with Crippen molar-refractivity contribution in [1.29, 1.82) is 0 Å². The molecule has 5 heteroatoms. The summed E-state index contributed by atoms with van der Waals surface area (Å²) >= 11 is 5.65. The lowest BCUT2D eigenvalue weighted by Gasteiger charge is -2.16. The second-order valence-corrected chi connectivity index (χ2v) is 4.41. The van der Waals surface area contributed by atoms with Gasteiger partial charge in [0.25, 0.3) is 0 Å². The molecular formula is C12H15ClFNO2. The first-order valence-corrected chi connectivity index (χ1v) is 5.71. The van der Waals surface area contributed by atoms with Crippen LogP contribution in [0, 0.1) is 5.82 Å². The van der Waals surface area contributed by atoms with Crippen LogP contribution in [0.5, 0.6) is 0 Å². The number of rotatable bonds is 6. The average Bonchev–Trinajstić information content (AvgIpc) is 2.21. The van der Waals surface area contributed by atoms with Gasteiger partial charge < -0.3 is 10.0 Å². The molecule has 0 fully saturated rings. The van der Waals surface area contributed by atoms with Gasteiger partial charge in [-0.05, 0) is 32.1 Å². The highest BCUT2D eigenvalue weighted by Crippen LogP contribution is 2.15. The van der Waals surface area contributed by atoms with Gasteiger partial charge in [-0.25, -0.2) is 4.39 Å². The summed E-state index contributed by atoms with van der Waals surface area (Å²) in [6.07, 6.45) is 0.689. The molecule has 0 amide bonds. The topological polar surface area (TPSA) is 40.5 Å². The van der Waals surface area contributed by atoms with Crippen molar-refractivity contribution in [2.45, 2.75) is 19.4 Å². The molecule has 1 N–H and O–H groups in total. The van der Waals surface area contributed by atoms with Crippen molar-refractivity contribution >= 4 is 17.6 Å². The standard InChI is InChI=1S/C12H15ClFNO2/c1-15(6-2-3-12(16)17)8-9-4-5-10(13)7-11(9)14/h4-5,7H,2-3,6,8H2,1H3,(H,16,17). The fraction of sp³-hybridized carbons (Fsp3) is 0.417. The molecular weight excluding hydrogens is 245 g/mol. The maximum Gasteiger partial charge on any atom is 0.303 e. The van der Waals surface area contributed by atoms with Gasteiger partial charge in [-0.15, -0.1) is 0 Å². The smallest absolute Gasteiger partial charge is 0.303 e. The average molecular weight is 260 g/mol. The summed E-state index contributed by atoms with van der Waals surface area (Å²) in [6.45, 7) is 1.07. The fourth-order valence-electron chi connectivity index (χ4n) is 1.52. The zero-order valence-corrected chi connectivity index (χ0v) is 10.4. The van der Waals surface area contributed by atoms with E-state index < -0.39 is 5.97 Å². The molecule has 1 aromatic rings. The van der Waals surface area contributed by atoms with Crippen molar-refractivity contribution in [3.63, 3.8) is 0 Å². The number of hydrogen-bond donors (Lipinski definition) is 1. The maximum absolute atomic E-state index is 13.5. The number of nitrogens with zero attached hydrogens (tertiary/aromatic N) is 1. The lowest BCUT2D eigenvalue weighted by atomic mass is 10.2. The van der Waals surface area contributed by atoms with Crippen molar-refractivity contribution in [3.05, 3.63) is 34.6 Å². The van der Waals surface area contributed by atoms with Gasteiger partial charge in [0.1, 0.15) is 5.82 Å². The predicted molar refractivity (Wildman–Crippen MR) is 64.6 cm³/mol. The van der Waals surface area contributed by atoms with E-state index in [4.69, 9.17) is 16.7 Å². The van der Waals surface area contributed by atoms with E-state index in [0.29, 0.717) is 30.1 Å². The third-order valence-corrected chi connectivity index (χ3v) is 2.62. The van der Waals surface area contributed by atoms with Crippen molar-refractivity contribution in [1.82, 2.24) is 4.90 Å². The fourth-order valence-corrected chi connectivity index (χ4v) is 1.68. The molecule has 0 saturated heterocycles. The SMILES string of the molecule is CN(CCCC(=O)O)Cc1ccc(Cl)cc1F. The first-order chi connectivity index (χ1) is 7.99. The minimum atomic E-state index is -0.809. The van der Waals surface area contributed by atoms with E-state index in [-0.39, 0.29) is 12.2 Å². The monoisotopic (exact) mass is 259 g/mol. The summed E-state index contributed by atoms with van der Waals surface area (Å²) in [4.78, 5) is 12.2. The molecule has 94 valence electrons. The molecule has 0 heterocycles. The molecule has 1 rings (SSSR count). The van der Waals surface area contributed by atoms with Crippen LogP contribution < -0.4 is 0 Å². The molecule has 0 radical (unpaired) electrons. The number of carboxylic acid groups (broad SMARTS) is 1. The van der Waals surface area contributed by atoms with E-state index in [9.17, 15) is 9.18 Å².